The zero-order valence-electron chi connectivity index (χ0n) is 29.1. The number of hydrogen-bond acceptors (Lipinski definition) is 7. The van der Waals surface area contributed by atoms with Crippen LogP contribution in [0.2, 0.25) is 0 Å². The fourth-order valence-corrected chi connectivity index (χ4v) is 7.66. The second-order valence-corrected chi connectivity index (χ2v) is 14.8. The van der Waals surface area contributed by atoms with Gasteiger partial charge in [-0.2, -0.15) is 0 Å². The number of aliphatic hydroxyl groups excluding tert-OH is 1. The van der Waals surface area contributed by atoms with Crippen LogP contribution in [0.25, 0.3) is 0 Å². The minimum absolute atomic E-state index is 0.0856. The average Bonchev–Trinajstić information content (AvgIpc) is 3.49. The van der Waals surface area contributed by atoms with E-state index in [1.165, 1.54) is 0 Å². The number of nitrogens with one attached hydrogen (secondary N) is 1. The Kier molecular flexibility index (Phi) is 16.7. The molecular weight excluding hydrogens is 556 g/mol. The lowest BCUT2D eigenvalue weighted by Crippen LogP contribution is -2.39. The topological polar surface area (TPSA) is 125 Å². The Bertz CT molecular complexity index is 883. The number of primary amides is 1. The van der Waals surface area contributed by atoms with Crippen LogP contribution in [0, 0.1) is 40.9 Å². The number of rotatable bonds is 23. The molecule has 9 nitrogen and oxygen atoms in total. The summed E-state index contributed by atoms with van der Waals surface area (Å²) in [5, 5.41) is 13.5. The molecule has 0 radical (unpaired) electrons. The van der Waals surface area contributed by atoms with E-state index < -0.39 is 5.41 Å². The lowest BCUT2D eigenvalue weighted by molar-refractivity contribution is -0.149. The van der Waals surface area contributed by atoms with Gasteiger partial charge in [0.1, 0.15) is 6.61 Å². The standard InChI is InChI=1S/C35H66N4O5/c1-8-35(3,34(43)37-19-12-20-38(4)5)18-11-16-27(33(42)44-22-21-39(6)7)15-9-13-26(32(36)41)14-10-17-29-25(2)28-23-30(29)31(40)24-28/h25-31,40H,8-24H2,1-7H3,(H2,36,41)(H,37,43). The number of aliphatic hydroxyl groups is 1. The summed E-state index contributed by atoms with van der Waals surface area (Å²) in [7, 11) is 7.96. The van der Waals surface area contributed by atoms with E-state index in [1.807, 2.05) is 40.0 Å². The van der Waals surface area contributed by atoms with Crippen LogP contribution in [-0.2, 0) is 19.1 Å². The van der Waals surface area contributed by atoms with Crippen molar-refractivity contribution in [2.24, 2.45) is 46.7 Å². The Hall–Kier alpha value is -1.71. The summed E-state index contributed by atoms with van der Waals surface area (Å²) in [6.07, 6.45) is 10.6. The highest BCUT2D eigenvalue weighted by atomic mass is 16.5. The number of nitrogens with two attached hydrogens (primary N) is 1. The van der Waals surface area contributed by atoms with Crippen molar-refractivity contribution in [2.75, 3.05) is 54.4 Å². The molecule has 2 saturated carbocycles. The van der Waals surface area contributed by atoms with Crippen LogP contribution in [-0.4, -0.2) is 93.2 Å². The van der Waals surface area contributed by atoms with Gasteiger partial charge in [-0.15, -0.1) is 0 Å². The van der Waals surface area contributed by atoms with Crippen molar-refractivity contribution in [3.63, 3.8) is 0 Å². The van der Waals surface area contributed by atoms with Gasteiger partial charge >= 0.3 is 5.97 Å². The first-order valence-electron chi connectivity index (χ1n) is 17.5. The number of hydrogen-bond donors (Lipinski definition) is 3. The summed E-state index contributed by atoms with van der Waals surface area (Å²) in [5.41, 5.74) is 5.35. The van der Waals surface area contributed by atoms with Gasteiger partial charge in [-0.1, -0.05) is 40.0 Å². The largest absolute Gasteiger partial charge is 0.464 e. The normalized spacial score (nSPS) is 25.6. The first-order chi connectivity index (χ1) is 20.8. The molecule has 4 N–H and O–H groups in total. The number of carbonyl (C=O) groups is 3. The van der Waals surface area contributed by atoms with Gasteiger partial charge in [-0.3, -0.25) is 14.4 Å². The van der Waals surface area contributed by atoms with Crippen LogP contribution in [0.15, 0.2) is 0 Å². The van der Waals surface area contributed by atoms with E-state index in [4.69, 9.17) is 10.5 Å². The van der Waals surface area contributed by atoms with Crippen LogP contribution < -0.4 is 11.1 Å². The molecule has 2 amide bonds. The Balaban J connectivity index is 1.87. The maximum atomic E-state index is 13.1. The minimum Gasteiger partial charge on any atom is -0.464 e. The number of esters is 1. The molecular formula is C35H66N4O5. The van der Waals surface area contributed by atoms with Crippen molar-refractivity contribution in [2.45, 2.75) is 110 Å². The molecule has 0 saturated heterocycles. The molecule has 0 aromatic heterocycles. The molecule has 2 fully saturated rings. The third kappa shape index (κ3) is 12.2. The number of likely N-dealkylation sites (N-methyl/N-ethyl adjacent to an activating group) is 1. The van der Waals surface area contributed by atoms with E-state index in [-0.39, 0.29) is 35.7 Å². The molecule has 8 atom stereocenters. The Morgan fingerprint density at radius 3 is 2.20 bits per heavy atom. The number of nitrogens with zero attached hydrogens (tertiary/aromatic N) is 2. The van der Waals surface area contributed by atoms with Crippen LogP contribution in [0.4, 0.5) is 0 Å². The number of ether oxygens (including phenoxy) is 1. The molecule has 44 heavy (non-hydrogen) atoms. The molecule has 9 heteroatoms. The molecule has 256 valence electrons. The molecule has 0 aliphatic heterocycles. The molecule has 2 rings (SSSR count). The molecule has 0 spiro atoms. The average molecular weight is 623 g/mol. The number of fused-ring (bicyclic) bond motifs is 2. The van der Waals surface area contributed by atoms with Gasteiger partial charge in [-0.05, 0) is 123 Å². The third-order valence-electron chi connectivity index (χ3n) is 11.0. The predicted molar refractivity (Wildman–Crippen MR) is 177 cm³/mol. The molecule has 8 unspecified atom stereocenters. The highest BCUT2D eigenvalue weighted by molar-refractivity contribution is 5.82. The SMILES string of the molecule is CCC(C)(CCCC(CCCC(CCCC1C(C)C2CC(O)C1C2)C(N)=O)C(=O)OCCN(C)C)C(=O)NCCCN(C)C. The van der Waals surface area contributed by atoms with Crippen LogP contribution in [0.3, 0.4) is 0 Å². The van der Waals surface area contributed by atoms with Crippen LogP contribution in [0.1, 0.15) is 104 Å². The second-order valence-electron chi connectivity index (χ2n) is 14.8. The van der Waals surface area contributed by atoms with Crippen LogP contribution in [0.5, 0.6) is 0 Å². The zero-order chi connectivity index (χ0) is 32.9. The molecule has 0 heterocycles. The first kappa shape index (κ1) is 38.5. The second kappa shape index (κ2) is 19.1. The smallest absolute Gasteiger partial charge is 0.308 e. The lowest BCUT2D eigenvalue weighted by atomic mass is 9.76. The third-order valence-corrected chi connectivity index (χ3v) is 11.0. The fourth-order valence-electron chi connectivity index (χ4n) is 7.66. The Morgan fingerprint density at radius 1 is 0.955 bits per heavy atom. The highest BCUT2D eigenvalue weighted by Gasteiger charge is 2.49. The fraction of sp³-hybridized carbons (Fsp3) is 0.914. The van der Waals surface area contributed by atoms with Gasteiger partial charge in [0.2, 0.25) is 11.8 Å². The zero-order valence-corrected chi connectivity index (χ0v) is 29.1. The van der Waals surface area contributed by atoms with Gasteiger partial charge < -0.3 is 30.7 Å². The quantitative estimate of drug-likeness (QED) is 0.114. The van der Waals surface area contributed by atoms with Crippen molar-refractivity contribution in [1.82, 2.24) is 15.1 Å². The van der Waals surface area contributed by atoms with E-state index in [2.05, 4.69) is 24.1 Å². The lowest BCUT2D eigenvalue weighted by Gasteiger charge is -2.32. The van der Waals surface area contributed by atoms with Gasteiger partial charge in [0, 0.05) is 24.4 Å². The molecule has 2 aliphatic carbocycles. The van der Waals surface area contributed by atoms with Crippen molar-refractivity contribution < 1.29 is 24.2 Å². The van der Waals surface area contributed by atoms with E-state index in [0.29, 0.717) is 69.1 Å². The summed E-state index contributed by atoms with van der Waals surface area (Å²) >= 11 is 0. The summed E-state index contributed by atoms with van der Waals surface area (Å²) in [6, 6.07) is 0. The monoisotopic (exact) mass is 623 g/mol. The highest BCUT2D eigenvalue weighted by Crippen LogP contribution is 2.53. The van der Waals surface area contributed by atoms with E-state index in [9.17, 15) is 19.5 Å². The minimum atomic E-state index is -0.471. The Labute approximate surface area is 268 Å². The van der Waals surface area contributed by atoms with Gasteiger partial charge in [0.25, 0.3) is 0 Å². The number of carbonyl (C=O) groups excluding carboxylic acids is 3. The predicted octanol–water partition coefficient (Wildman–Crippen LogP) is 4.46. The van der Waals surface area contributed by atoms with Crippen molar-refractivity contribution >= 4 is 17.8 Å². The number of amides is 2. The summed E-state index contributed by atoms with van der Waals surface area (Å²) < 4.78 is 5.65. The summed E-state index contributed by atoms with van der Waals surface area (Å²) in [4.78, 5) is 42.6. The summed E-state index contributed by atoms with van der Waals surface area (Å²) in [5.74, 6) is 1.46. The van der Waals surface area contributed by atoms with E-state index >= 15 is 0 Å². The Morgan fingerprint density at radius 2 is 1.59 bits per heavy atom. The van der Waals surface area contributed by atoms with Gasteiger partial charge in [-0.25, -0.2) is 0 Å². The van der Waals surface area contributed by atoms with Crippen molar-refractivity contribution in [1.29, 1.82) is 0 Å². The molecule has 0 aromatic rings. The molecule has 2 aliphatic rings. The maximum Gasteiger partial charge on any atom is 0.308 e. The van der Waals surface area contributed by atoms with Crippen LogP contribution >= 0.6 is 0 Å². The maximum absolute atomic E-state index is 13.1. The van der Waals surface area contributed by atoms with Gasteiger partial charge in [0.15, 0.2) is 0 Å². The summed E-state index contributed by atoms with van der Waals surface area (Å²) in [6.45, 7) is 9.02. The molecule has 2 bridgehead atoms. The first-order valence-corrected chi connectivity index (χ1v) is 17.5. The van der Waals surface area contributed by atoms with Gasteiger partial charge in [0.05, 0.1) is 12.0 Å². The molecule has 0 aromatic carbocycles. The van der Waals surface area contributed by atoms with Crippen molar-refractivity contribution in [3.05, 3.63) is 0 Å². The van der Waals surface area contributed by atoms with E-state index in [1.54, 1.807) is 0 Å². The van der Waals surface area contributed by atoms with Crippen molar-refractivity contribution in [3.8, 4) is 0 Å². The van der Waals surface area contributed by atoms with E-state index in [0.717, 1.165) is 64.3 Å².